The van der Waals surface area contributed by atoms with E-state index in [1.54, 1.807) is 6.92 Å². The highest BCUT2D eigenvalue weighted by atomic mass is 32.2. The number of rotatable bonds is 5. The molecule has 0 heterocycles. The molecule has 4 heteroatoms. The monoisotopic (exact) mass is 290 g/mol. The number of amides is 1. The van der Waals surface area contributed by atoms with Crippen LogP contribution in [0.3, 0.4) is 0 Å². The fourth-order valence-corrected chi connectivity index (χ4v) is 2.56. The molecule has 1 aromatic carbocycles. The van der Waals surface area contributed by atoms with E-state index in [4.69, 9.17) is 0 Å². The van der Waals surface area contributed by atoms with Crippen LogP contribution in [0.5, 0.6) is 0 Å². The van der Waals surface area contributed by atoms with Gasteiger partial charge in [-0.3, -0.25) is 4.79 Å². The Hall–Kier alpha value is -1.47. The van der Waals surface area contributed by atoms with Crippen molar-refractivity contribution in [3.05, 3.63) is 29.3 Å². The van der Waals surface area contributed by atoms with E-state index in [0.717, 1.165) is 4.90 Å². The van der Waals surface area contributed by atoms with Crippen molar-refractivity contribution in [1.82, 2.24) is 5.32 Å². The minimum Gasteiger partial charge on any atom is -0.337 e. The number of hydrogen-bond donors (Lipinski definition) is 1. The van der Waals surface area contributed by atoms with Gasteiger partial charge in [-0.2, -0.15) is 5.26 Å². The Labute approximate surface area is 125 Å². The molecule has 1 N–H and O–H groups in total. The van der Waals surface area contributed by atoms with Crippen LogP contribution < -0.4 is 5.32 Å². The van der Waals surface area contributed by atoms with Crippen molar-refractivity contribution in [2.75, 3.05) is 5.75 Å². The largest absolute Gasteiger partial charge is 0.337 e. The lowest BCUT2D eigenvalue weighted by Gasteiger charge is -2.27. The summed E-state index contributed by atoms with van der Waals surface area (Å²) in [5.41, 5.74) is 1.54. The summed E-state index contributed by atoms with van der Waals surface area (Å²) < 4.78 is 0. The lowest BCUT2D eigenvalue weighted by atomic mass is 9.90. The molecular formula is C16H22N2OS. The van der Waals surface area contributed by atoms with Gasteiger partial charge in [0.2, 0.25) is 5.91 Å². The summed E-state index contributed by atoms with van der Waals surface area (Å²) >= 11 is 1.51. The van der Waals surface area contributed by atoms with Crippen molar-refractivity contribution in [2.24, 2.45) is 5.92 Å². The maximum atomic E-state index is 12.0. The number of thioether (sulfide) groups is 1. The summed E-state index contributed by atoms with van der Waals surface area (Å²) in [5.74, 6) is 0.296. The first-order valence-electron chi connectivity index (χ1n) is 6.71. The van der Waals surface area contributed by atoms with E-state index >= 15 is 0 Å². The van der Waals surface area contributed by atoms with Gasteiger partial charge < -0.3 is 5.32 Å². The minimum absolute atomic E-state index is 0.0714. The van der Waals surface area contributed by atoms with E-state index in [9.17, 15) is 10.1 Å². The molecular weight excluding hydrogens is 268 g/mol. The molecule has 1 atom stereocenters. The number of carbonyl (C=O) groups excluding carboxylic acids is 1. The van der Waals surface area contributed by atoms with Gasteiger partial charge in [0.15, 0.2) is 0 Å². The van der Waals surface area contributed by atoms with E-state index in [1.165, 1.54) is 22.9 Å². The predicted molar refractivity (Wildman–Crippen MR) is 83.6 cm³/mol. The first-order valence-corrected chi connectivity index (χ1v) is 7.69. The summed E-state index contributed by atoms with van der Waals surface area (Å²) in [6.45, 7) is 9.70. The van der Waals surface area contributed by atoms with Crippen LogP contribution in [-0.2, 0) is 4.79 Å². The van der Waals surface area contributed by atoms with Crippen LogP contribution >= 0.6 is 11.8 Å². The van der Waals surface area contributed by atoms with E-state index in [1.807, 2.05) is 27.7 Å². The van der Waals surface area contributed by atoms with Crippen molar-refractivity contribution in [2.45, 2.75) is 45.1 Å². The van der Waals surface area contributed by atoms with Gasteiger partial charge in [-0.25, -0.2) is 0 Å². The van der Waals surface area contributed by atoms with Gasteiger partial charge in [0, 0.05) is 4.90 Å². The molecule has 0 fully saturated rings. The van der Waals surface area contributed by atoms with Crippen LogP contribution in [0.2, 0.25) is 0 Å². The maximum absolute atomic E-state index is 12.0. The highest BCUT2D eigenvalue weighted by Gasteiger charge is 2.29. The number of hydrogen-bond acceptors (Lipinski definition) is 3. The molecule has 1 rings (SSSR count). The third-order valence-corrected chi connectivity index (χ3v) is 4.65. The quantitative estimate of drug-likeness (QED) is 0.845. The number of benzene rings is 1. The fourth-order valence-electron chi connectivity index (χ4n) is 1.63. The Bertz CT molecular complexity index is 534. The Morgan fingerprint density at radius 2 is 2.10 bits per heavy atom. The van der Waals surface area contributed by atoms with Gasteiger partial charge in [0.05, 0.1) is 11.8 Å². The molecule has 0 aromatic heterocycles. The molecule has 108 valence electrons. The van der Waals surface area contributed by atoms with E-state index in [2.05, 4.69) is 29.6 Å². The molecule has 20 heavy (non-hydrogen) atoms. The molecule has 1 aromatic rings. The van der Waals surface area contributed by atoms with Crippen molar-refractivity contribution in [3.8, 4) is 6.07 Å². The number of carbonyl (C=O) groups is 1. The first kappa shape index (κ1) is 16.6. The molecule has 1 amide bonds. The molecule has 0 bridgehead atoms. The zero-order valence-electron chi connectivity index (χ0n) is 12.8. The third-order valence-electron chi connectivity index (χ3n) is 3.49. The average molecular weight is 290 g/mol. The van der Waals surface area contributed by atoms with Crippen LogP contribution in [0.25, 0.3) is 0 Å². The van der Waals surface area contributed by atoms with Crippen LogP contribution in [0, 0.1) is 31.1 Å². The summed E-state index contributed by atoms with van der Waals surface area (Å²) in [5, 5.41) is 12.0. The topological polar surface area (TPSA) is 52.9 Å². The second kappa shape index (κ2) is 6.81. The SMILES string of the molecule is Cc1ccc(C)c(SCC(=O)NC(C)(C#N)C(C)C)c1. The summed E-state index contributed by atoms with van der Waals surface area (Å²) in [6.07, 6.45) is 0. The molecule has 0 saturated carbocycles. The van der Waals surface area contributed by atoms with Gasteiger partial charge in [-0.15, -0.1) is 11.8 Å². The number of nitrogens with one attached hydrogen (secondary N) is 1. The molecule has 0 spiro atoms. The average Bonchev–Trinajstić information content (AvgIpc) is 2.39. The van der Waals surface area contributed by atoms with Gasteiger partial charge in [-0.1, -0.05) is 31.5 Å². The van der Waals surface area contributed by atoms with Crippen molar-refractivity contribution < 1.29 is 4.79 Å². The molecule has 0 aliphatic carbocycles. The van der Waals surface area contributed by atoms with Gasteiger partial charge in [0.25, 0.3) is 0 Å². The predicted octanol–water partition coefficient (Wildman–Crippen LogP) is 3.45. The molecule has 0 saturated heterocycles. The molecule has 0 radical (unpaired) electrons. The number of aryl methyl sites for hydroxylation is 2. The van der Waals surface area contributed by atoms with Crippen LogP contribution in [0.4, 0.5) is 0 Å². The second-order valence-electron chi connectivity index (χ2n) is 5.57. The minimum atomic E-state index is -0.806. The van der Waals surface area contributed by atoms with Crippen LogP contribution in [-0.4, -0.2) is 17.2 Å². The fraction of sp³-hybridized carbons (Fsp3) is 0.500. The summed E-state index contributed by atoms with van der Waals surface area (Å²) in [4.78, 5) is 13.1. The smallest absolute Gasteiger partial charge is 0.231 e. The number of nitriles is 1. The molecule has 0 aliphatic rings. The Balaban J connectivity index is 2.65. The Kier molecular flexibility index (Phi) is 5.64. The van der Waals surface area contributed by atoms with E-state index < -0.39 is 5.54 Å². The van der Waals surface area contributed by atoms with Crippen molar-refractivity contribution in [1.29, 1.82) is 5.26 Å². The van der Waals surface area contributed by atoms with Crippen molar-refractivity contribution >= 4 is 17.7 Å². The van der Waals surface area contributed by atoms with Gasteiger partial charge in [-0.05, 0) is 38.3 Å². The summed E-state index contributed by atoms with van der Waals surface area (Å²) in [7, 11) is 0. The lowest BCUT2D eigenvalue weighted by molar-refractivity contribution is -0.120. The number of nitrogens with zero attached hydrogens (tertiary/aromatic N) is 1. The normalized spacial score (nSPS) is 13.7. The van der Waals surface area contributed by atoms with Crippen LogP contribution in [0.1, 0.15) is 31.9 Å². The molecule has 0 aliphatic heterocycles. The molecule has 1 unspecified atom stereocenters. The highest BCUT2D eigenvalue weighted by molar-refractivity contribution is 8.00. The van der Waals surface area contributed by atoms with E-state index in [0.29, 0.717) is 5.75 Å². The third kappa shape index (κ3) is 4.28. The van der Waals surface area contributed by atoms with Gasteiger partial charge in [0.1, 0.15) is 5.54 Å². The Morgan fingerprint density at radius 3 is 2.65 bits per heavy atom. The second-order valence-corrected chi connectivity index (χ2v) is 6.59. The zero-order chi connectivity index (χ0) is 15.3. The lowest BCUT2D eigenvalue weighted by Crippen LogP contribution is -2.49. The highest BCUT2D eigenvalue weighted by Crippen LogP contribution is 2.24. The molecule has 3 nitrogen and oxygen atoms in total. The van der Waals surface area contributed by atoms with Gasteiger partial charge >= 0.3 is 0 Å². The first-order chi connectivity index (χ1) is 9.28. The van der Waals surface area contributed by atoms with Crippen molar-refractivity contribution in [3.63, 3.8) is 0 Å². The maximum Gasteiger partial charge on any atom is 0.231 e. The van der Waals surface area contributed by atoms with Crippen LogP contribution in [0.15, 0.2) is 23.1 Å². The van der Waals surface area contributed by atoms with E-state index in [-0.39, 0.29) is 11.8 Å². The summed E-state index contributed by atoms with van der Waals surface area (Å²) in [6, 6.07) is 8.39. The standard InChI is InChI=1S/C16H22N2OS/c1-11(2)16(5,10-17)18-15(19)9-20-14-8-12(3)6-7-13(14)4/h6-8,11H,9H2,1-5H3,(H,18,19). The Morgan fingerprint density at radius 1 is 1.45 bits per heavy atom. The zero-order valence-corrected chi connectivity index (χ0v) is 13.6.